The highest BCUT2D eigenvalue weighted by atomic mass is 16.3. The number of carbonyl (C=O) groups is 1. The number of anilines is 1. The lowest BCUT2D eigenvalue weighted by atomic mass is 9.91. The number of carbonyl (C=O) groups excluding carboxylic acids is 1. The molecule has 1 fully saturated rings. The van der Waals surface area contributed by atoms with E-state index in [4.69, 9.17) is 0 Å². The van der Waals surface area contributed by atoms with Crippen LogP contribution in [0, 0.1) is 19.8 Å². The van der Waals surface area contributed by atoms with Gasteiger partial charge in [0.2, 0.25) is 0 Å². The van der Waals surface area contributed by atoms with Crippen molar-refractivity contribution in [2.75, 3.05) is 18.5 Å². The second kappa shape index (κ2) is 6.27. The average Bonchev–Trinajstić information content (AvgIpc) is 2.42. The Morgan fingerprint density at radius 3 is 2.90 bits per heavy atom. The number of aliphatic hydroxyl groups is 1. The number of piperidine rings is 1. The molecule has 0 aromatic heterocycles. The van der Waals surface area contributed by atoms with Crippen LogP contribution in [0.3, 0.4) is 0 Å². The van der Waals surface area contributed by atoms with Gasteiger partial charge in [-0.05, 0) is 49.8 Å². The number of amides is 2. The number of nitrogens with one attached hydrogen (secondary N) is 1. The second-order valence-electron chi connectivity index (χ2n) is 5.81. The molecule has 2 N–H and O–H groups in total. The van der Waals surface area contributed by atoms with Crippen molar-refractivity contribution in [3.8, 4) is 0 Å². The van der Waals surface area contributed by atoms with Crippen LogP contribution in [0.15, 0.2) is 18.2 Å². The number of hydrogen-bond acceptors (Lipinski definition) is 2. The molecule has 1 aliphatic heterocycles. The molecule has 4 heteroatoms. The summed E-state index contributed by atoms with van der Waals surface area (Å²) in [4.78, 5) is 14.2. The van der Waals surface area contributed by atoms with Crippen molar-refractivity contribution >= 4 is 11.7 Å². The van der Waals surface area contributed by atoms with Crippen LogP contribution >= 0.6 is 0 Å². The van der Waals surface area contributed by atoms with Crippen molar-refractivity contribution in [2.45, 2.75) is 39.7 Å². The lowest BCUT2D eigenvalue weighted by Crippen LogP contribution is -2.51. The molecule has 1 saturated heterocycles. The first-order valence-electron chi connectivity index (χ1n) is 7.28. The number of likely N-dealkylation sites (tertiary alicyclic amines) is 1. The summed E-state index contributed by atoms with van der Waals surface area (Å²) >= 11 is 0. The van der Waals surface area contributed by atoms with Crippen LogP contribution in [0.2, 0.25) is 0 Å². The zero-order chi connectivity index (χ0) is 14.7. The zero-order valence-electron chi connectivity index (χ0n) is 12.5. The van der Waals surface area contributed by atoms with Crippen LogP contribution in [0.25, 0.3) is 0 Å². The average molecular weight is 276 g/mol. The highest BCUT2D eigenvalue weighted by molar-refractivity contribution is 5.90. The molecule has 2 amide bonds. The highest BCUT2D eigenvalue weighted by Crippen LogP contribution is 2.24. The maximum atomic E-state index is 12.4. The summed E-state index contributed by atoms with van der Waals surface area (Å²) in [7, 11) is 0. The van der Waals surface area contributed by atoms with Crippen LogP contribution < -0.4 is 5.32 Å². The predicted octanol–water partition coefficient (Wildman–Crippen LogP) is 2.93. The fourth-order valence-electron chi connectivity index (χ4n) is 2.84. The molecule has 1 aliphatic rings. The molecule has 2 rings (SSSR count). The lowest BCUT2D eigenvalue weighted by Gasteiger charge is -2.39. The number of rotatable bonds is 2. The van der Waals surface area contributed by atoms with Gasteiger partial charge in [0.05, 0.1) is 12.6 Å². The molecular formula is C16H24N2O2. The van der Waals surface area contributed by atoms with Gasteiger partial charge in [0.25, 0.3) is 0 Å². The van der Waals surface area contributed by atoms with Crippen LogP contribution in [-0.4, -0.2) is 35.2 Å². The van der Waals surface area contributed by atoms with Gasteiger partial charge in [0.1, 0.15) is 0 Å². The Kier molecular flexibility index (Phi) is 4.65. The summed E-state index contributed by atoms with van der Waals surface area (Å²) < 4.78 is 0. The Hall–Kier alpha value is -1.55. The van der Waals surface area contributed by atoms with Gasteiger partial charge in [-0.15, -0.1) is 0 Å². The van der Waals surface area contributed by atoms with E-state index in [0.717, 1.165) is 29.7 Å². The third-order valence-electron chi connectivity index (χ3n) is 4.20. The minimum Gasteiger partial charge on any atom is -0.394 e. The first kappa shape index (κ1) is 14.9. The van der Waals surface area contributed by atoms with Gasteiger partial charge in [0.15, 0.2) is 0 Å². The molecule has 2 atom stereocenters. The molecule has 4 nitrogen and oxygen atoms in total. The Labute approximate surface area is 120 Å². The molecule has 0 bridgehead atoms. The maximum absolute atomic E-state index is 12.4. The van der Waals surface area contributed by atoms with Crippen LogP contribution in [0.1, 0.15) is 30.9 Å². The molecule has 110 valence electrons. The molecule has 0 saturated carbocycles. The van der Waals surface area contributed by atoms with Gasteiger partial charge in [0, 0.05) is 12.2 Å². The maximum Gasteiger partial charge on any atom is 0.322 e. The van der Waals surface area contributed by atoms with E-state index in [1.165, 1.54) is 0 Å². The van der Waals surface area contributed by atoms with E-state index in [9.17, 15) is 9.90 Å². The van der Waals surface area contributed by atoms with Crippen LogP contribution in [0.4, 0.5) is 10.5 Å². The smallest absolute Gasteiger partial charge is 0.322 e. The van der Waals surface area contributed by atoms with E-state index < -0.39 is 0 Å². The summed E-state index contributed by atoms with van der Waals surface area (Å²) in [6, 6.07) is 5.84. The molecule has 20 heavy (non-hydrogen) atoms. The summed E-state index contributed by atoms with van der Waals surface area (Å²) in [6.07, 6.45) is 2.07. The van der Waals surface area contributed by atoms with Gasteiger partial charge in [-0.1, -0.05) is 19.1 Å². The molecule has 1 aromatic rings. The molecule has 1 heterocycles. The standard InChI is InChI=1S/C16H24N2O2/c1-11-6-7-12(2)14(9-11)17-16(20)18-8-4-5-13(3)15(18)10-19/h6-7,9,13,15,19H,4-5,8,10H2,1-3H3,(H,17,20). The quantitative estimate of drug-likeness (QED) is 0.872. The van der Waals surface area contributed by atoms with E-state index in [0.29, 0.717) is 12.5 Å². The SMILES string of the molecule is Cc1ccc(C)c(NC(=O)N2CCCC(C)C2CO)c1. The summed E-state index contributed by atoms with van der Waals surface area (Å²) in [6.45, 7) is 6.83. The number of hydrogen-bond donors (Lipinski definition) is 2. The molecule has 0 spiro atoms. The lowest BCUT2D eigenvalue weighted by molar-refractivity contribution is 0.0811. The fraction of sp³-hybridized carbons (Fsp3) is 0.562. The van der Waals surface area contributed by atoms with Crippen molar-refractivity contribution in [3.63, 3.8) is 0 Å². The molecule has 2 unspecified atom stereocenters. The number of urea groups is 1. The van der Waals surface area contributed by atoms with Gasteiger partial charge < -0.3 is 15.3 Å². The van der Waals surface area contributed by atoms with E-state index in [1.807, 2.05) is 32.0 Å². The Balaban J connectivity index is 2.12. The molecule has 0 radical (unpaired) electrons. The molecule has 1 aromatic carbocycles. The normalized spacial score (nSPS) is 22.7. The largest absolute Gasteiger partial charge is 0.394 e. The number of nitrogens with zero attached hydrogens (tertiary/aromatic N) is 1. The second-order valence-corrected chi connectivity index (χ2v) is 5.81. The minimum atomic E-state index is -0.107. The van der Waals surface area contributed by atoms with Crippen molar-refractivity contribution in [1.29, 1.82) is 0 Å². The van der Waals surface area contributed by atoms with Gasteiger partial charge >= 0.3 is 6.03 Å². The Morgan fingerprint density at radius 2 is 2.20 bits per heavy atom. The predicted molar refractivity (Wildman–Crippen MR) is 80.9 cm³/mol. The molecule has 0 aliphatic carbocycles. The highest BCUT2D eigenvalue weighted by Gasteiger charge is 2.31. The molecular weight excluding hydrogens is 252 g/mol. The van der Waals surface area contributed by atoms with E-state index in [1.54, 1.807) is 4.90 Å². The number of aryl methyl sites for hydroxylation is 2. The third kappa shape index (κ3) is 3.12. The minimum absolute atomic E-state index is 0.0292. The third-order valence-corrected chi connectivity index (χ3v) is 4.20. The topological polar surface area (TPSA) is 52.6 Å². The number of aliphatic hydroxyl groups excluding tert-OH is 1. The number of benzene rings is 1. The van der Waals surface area contributed by atoms with Crippen LogP contribution in [-0.2, 0) is 0 Å². The summed E-state index contributed by atoms with van der Waals surface area (Å²) in [5.74, 6) is 0.345. The first-order chi connectivity index (χ1) is 9.52. The van der Waals surface area contributed by atoms with Gasteiger partial charge in [-0.2, -0.15) is 0 Å². The van der Waals surface area contributed by atoms with Gasteiger partial charge in [-0.25, -0.2) is 4.79 Å². The summed E-state index contributed by atoms with van der Waals surface area (Å²) in [5.41, 5.74) is 3.02. The zero-order valence-corrected chi connectivity index (χ0v) is 12.5. The van der Waals surface area contributed by atoms with Crippen LogP contribution in [0.5, 0.6) is 0 Å². The Morgan fingerprint density at radius 1 is 1.45 bits per heavy atom. The van der Waals surface area contributed by atoms with E-state index in [-0.39, 0.29) is 18.7 Å². The van der Waals surface area contributed by atoms with Crippen molar-refractivity contribution < 1.29 is 9.90 Å². The fourth-order valence-corrected chi connectivity index (χ4v) is 2.84. The first-order valence-corrected chi connectivity index (χ1v) is 7.28. The van der Waals surface area contributed by atoms with Crippen molar-refractivity contribution in [1.82, 2.24) is 4.90 Å². The van der Waals surface area contributed by atoms with E-state index >= 15 is 0 Å². The summed E-state index contributed by atoms with van der Waals surface area (Å²) in [5, 5.41) is 12.5. The van der Waals surface area contributed by atoms with Crippen molar-refractivity contribution in [2.24, 2.45) is 5.92 Å². The Bertz CT molecular complexity index is 487. The van der Waals surface area contributed by atoms with Gasteiger partial charge in [-0.3, -0.25) is 0 Å². The monoisotopic (exact) mass is 276 g/mol. The van der Waals surface area contributed by atoms with Crippen molar-refractivity contribution in [3.05, 3.63) is 29.3 Å². The van der Waals surface area contributed by atoms with E-state index in [2.05, 4.69) is 12.2 Å².